The van der Waals surface area contributed by atoms with Gasteiger partial charge in [0.1, 0.15) is 17.1 Å². The van der Waals surface area contributed by atoms with Crippen LogP contribution in [0.15, 0.2) is 23.8 Å². The molecule has 0 unspecified atom stereocenters. The van der Waals surface area contributed by atoms with Crippen molar-refractivity contribution in [3.63, 3.8) is 0 Å². The molecule has 0 radical (unpaired) electrons. The first kappa shape index (κ1) is 15.0. The fourth-order valence-corrected chi connectivity index (χ4v) is 2.01. The minimum Gasteiger partial charge on any atom is -0.497 e. The maximum Gasteiger partial charge on any atom is 0.265 e. The molecule has 1 fully saturated rings. The van der Waals surface area contributed by atoms with Gasteiger partial charge in [-0.1, -0.05) is 0 Å². The Labute approximate surface area is 127 Å². The summed E-state index contributed by atoms with van der Waals surface area (Å²) in [5.74, 6) is 0.132. The van der Waals surface area contributed by atoms with Gasteiger partial charge in [-0.25, -0.2) is 0 Å². The van der Waals surface area contributed by atoms with E-state index in [4.69, 9.17) is 21.7 Å². The average molecular weight is 306 g/mol. The number of hydrogen-bond donors (Lipinski definition) is 1. The molecule has 0 spiro atoms. The Hall–Kier alpha value is -2.41. The number of carbonyl (C=O) groups is 2. The van der Waals surface area contributed by atoms with E-state index < -0.39 is 11.8 Å². The molecule has 6 nitrogen and oxygen atoms in total. The maximum absolute atomic E-state index is 12.1. The monoisotopic (exact) mass is 306 g/mol. The third kappa shape index (κ3) is 2.87. The fraction of sp³-hybridized carbons (Fsp3) is 0.214. The zero-order chi connectivity index (χ0) is 15.6. The Morgan fingerprint density at radius 3 is 2.57 bits per heavy atom. The predicted molar refractivity (Wildman–Crippen MR) is 81.0 cm³/mol. The van der Waals surface area contributed by atoms with Gasteiger partial charge in [0.05, 0.1) is 14.2 Å². The molecule has 1 aliphatic rings. The predicted octanol–water partition coefficient (Wildman–Crippen LogP) is 0.960. The largest absolute Gasteiger partial charge is 0.497 e. The van der Waals surface area contributed by atoms with Gasteiger partial charge in [0.2, 0.25) is 0 Å². The zero-order valence-electron chi connectivity index (χ0n) is 11.8. The standard InChI is InChI=1S/C14H14N2O4S/c1-16-13(18)10(12(17)15-14(16)21)6-8-4-5-9(19-2)7-11(8)20-3/h4-7H,1-3H3,(H,15,17,21). The Kier molecular flexibility index (Phi) is 4.23. The summed E-state index contributed by atoms with van der Waals surface area (Å²) < 4.78 is 10.3. The topological polar surface area (TPSA) is 67.9 Å². The number of benzene rings is 1. The molecule has 2 rings (SSSR count). The second-order valence-corrected chi connectivity index (χ2v) is 4.68. The molecule has 0 bridgehead atoms. The molecule has 0 aliphatic carbocycles. The van der Waals surface area contributed by atoms with Crippen molar-refractivity contribution in [1.29, 1.82) is 0 Å². The smallest absolute Gasteiger partial charge is 0.265 e. The summed E-state index contributed by atoms with van der Waals surface area (Å²) >= 11 is 4.89. The number of nitrogens with one attached hydrogen (secondary N) is 1. The van der Waals surface area contributed by atoms with Gasteiger partial charge in [-0.15, -0.1) is 0 Å². The normalized spacial score (nSPS) is 17.0. The lowest BCUT2D eigenvalue weighted by atomic mass is 10.1. The van der Waals surface area contributed by atoms with Gasteiger partial charge < -0.3 is 9.47 Å². The highest BCUT2D eigenvalue weighted by atomic mass is 32.1. The van der Waals surface area contributed by atoms with Crippen LogP contribution in [0.5, 0.6) is 11.5 Å². The van der Waals surface area contributed by atoms with Crippen LogP contribution in [-0.2, 0) is 9.59 Å². The van der Waals surface area contributed by atoms with Crippen LogP contribution >= 0.6 is 12.2 Å². The number of rotatable bonds is 3. The van der Waals surface area contributed by atoms with Crippen LogP contribution in [0.1, 0.15) is 5.56 Å². The van der Waals surface area contributed by atoms with Crippen molar-refractivity contribution in [1.82, 2.24) is 10.2 Å². The lowest BCUT2D eigenvalue weighted by Gasteiger charge is -2.25. The Bertz CT molecular complexity index is 654. The van der Waals surface area contributed by atoms with E-state index in [9.17, 15) is 9.59 Å². The lowest BCUT2D eigenvalue weighted by Crippen LogP contribution is -2.52. The first-order valence-electron chi connectivity index (χ1n) is 6.05. The van der Waals surface area contributed by atoms with Gasteiger partial charge in [-0.2, -0.15) is 0 Å². The van der Waals surface area contributed by atoms with E-state index in [0.717, 1.165) is 0 Å². The summed E-state index contributed by atoms with van der Waals surface area (Å²) in [7, 11) is 4.55. The van der Waals surface area contributed by atoms with E-state index >= 15 is 0 Å². The van der Waals surface area contributed by atoms with Crippen molar-refractivity contribution in [3.05, 3.63) is 29.3 Å². The summed E-state index contributed by atoms with van der Waals surface area (Å²) in [6, 6.07) is 5.10. The highest BCUT2D eigenvalue weighted by Gasteiger charge is 2.30. The molecule has 0 aromatic heterocycles. The van der Waals surface area contributed by atoms with Crippen LogP contribution in [-0.4, -0.2) is 43.1 Å². The molecular weight excluding hydrogens is 292 g/mol. The van der Waals surface area contributed by atoms with E-state index in [2.05, 4.69) is 5.32 Å². The number of methoxy groups -OCH3 is 2. The number of likely N-dealkylation sites (N-methyl/N-ethyl adjacent to an activating group) is 1. The molecule has 1 aliphatic heterocycles. The molecule has 7 heteroatoms. The van der Waals surface area contributed by atoms with Gasteiger partial charge in [-0.3, -0.25) is 19.8 Å². The van der Waals surface area contributed by atoms with E-state index in [1.807, 2.05) is 0 Å². The summed E-state index contributed by atoms with van der Waals surface area (Å²) in [6.07, 6.45) is 1.47. The molecule has 1 aromatic rings. The molecule has 1 aromatic carbocycles. The van der Waals surface area contributed by atoms with Crippen molar-refractivity contribution in [3.8, 4) is 11.5 Å². The minimum absolute atomic E-state index is 0.00503. The number of carbonyl (C=O) groups excluding carboxylic acids is 2. The highest BCUT2D eigenvalue weighted by Crippen LogP contribution is 2.27. The number of amides is 2. The first-order chi connectivity index (χ1) is 9.97. The summed E-state index contributed by atoms with van der Waals surface area (Å²) in [5.41, 5.74) is 0.590. The van der Waals surface area contributed by atoms with Gasteiger partial charge in [-0.05, 0) is 30.4 Å². The van der Waals surface area contributed by atoms with Crippen LogP contribution in [0.3, 0.4) is 0 Å². The van der Waals surface area contributed by atoms with Gasteiger partial charge in [0, 0.05) is 18.7 Å². The Morgan fingerprint density at radius 2 is 1.95 bits per heavy atom. The van der Waals surface area contributed by atoms with Crippen molar-refractivity contribution >= 4 is 35.2 Å². The Morgan fingerprint density at radius 1 is 1.24 bits per heavy atom. The summed E-state index contributed by atoms with van der Waals surface area (Å²) in [4.78, 5) is 25.2. The van der Waals surface area contributed by atoms with Crippen LogP contribution in [0.4, 0.5) is 0 Å². The van der Waals surface area contributed by atoms with Crippen LogP contribution in [0.25, 0.3) is 6.08 Å². The first-order valence-corrected chi connectivity index (χ1v) is 6.46. The SMILES string of the molecule is COc1ccc(C=C2C(=O)NC(=S)N(C)C2=O)c(OC)c1. The molecule has 0 atom stereocenters. The number of nitrogens with zero attached hydrogens (tertiary/aromatic N) is 1. The fourth-order valence-electron chi connectivity index (χ4n) is 1.84. The quantitative estimate of drug-likeness (QED) is 0.512. The maximum atomic E-state index is 12.1. The van der Waals surface area contributed by atoms with Crippen LogP contribution in [0, 0.1) is 0 Å². The third-order valence-corrected chi connectivity index (χ3v) is 3.42. The highest BCUT2D eigenvalue weighted by molar-refractivity contribution is 7.80. The molecule has 110 valence electrons. The van der Waals surface area contributed by atoms with Gasteiger partial charge in [0.15, 0.2) is 5.11 Å². The minimum atomic E-state index is -0.527. The van der Waals surface area contributed by atoms with E-state index in [1.165, 1.54) is 25.1 Å². The average Bonchev–Trinajstić information content (AvgIpc) is 2.49. The zero-order valence-corrected chi connectivity index (χ0v) is 12.6. The number of thiocarbonyl (C=S) groups is 1. The van der Waals surface area contributed by atoms with Crippen molar-refractivity contribution in [2.45, 2.75) is 0 Å². The van der Waals surface area contributed by atoms with Crippen LogP contribution in [0.2, 0.25) is 0 Å². The van der Waals surface area contributed by atoms with E-state index in [0.29, 0.717) is 17.1 Å². The summed E-state index contributed by atoms with van der Waals surface area (Å²) in [6.45, 7) is 0. The van der Waals surface area contributed by atoms with Crippen LogP contribution < -0.4 is 14.8 Å². The van der Waals surface area contributed by atoms with Crippen molar-refractivity contribution < 1.29 is 19.1 Å². The lowest BCUT2D eigenvalue weighted by molar-refractivity contribution is -0.128. The third-order valence-electron chi connectivity index (χ3n) is 3.05. The molecule has 21 heavy (non-hydrogen) atoms. The van der Waals surface area contributed by atoms with Gasteiger partial charge >= 0.3 is 0 Å². The molecule has 1 heterocycles. The Balaban J connectivity index is 2.45. The van der Waals surface area contributed by atoms with Gasteiger partial charge in [0.25, 0.3) is 11.8 Å². The number of ether oxygens (including phenoxy) is 2. The number of hydrogen-bond acceptors (Lipinski definition) is 5. The molecule has 1 N–H and O–H groups in total. The summed E-state index contributed by atoms with van der Waals surface area (Å²) in [5, 5.41) is 2.54. The molecular formula is C14H14N2O4S. The second kappa shape index (κ2) is 5.92. The van der Waals surface area contributed by atoms with E-state index in [1.54, 1.807) is 25.3 Å². The van der Waals surface area contributed by atoms with Crippen molar-refractivity contribution in [2.24, 2.45) is 0 Å². The van der Waals surface area contributed by atoms with E-state index in [-0.39, 0.29) is 10.7 Å². The van der Waals surface area contributed by atoms with Crippen molar-refractivity contribution in [2.75, 3.05) is 21.3 Å². The molecule has 2 amide bonds. The second-order valence-electron chi connectivity index (χ2n) is 4.29. The molecule has 1 saturated heterocycles. The molecule has 0 saturated carbocycles.